The van der Waals surface area contributed by atoms with E-state index in [9.17, 15) is 4.79 Å². The zero-order valence-electron chi connectivity index (χ0n) is 16.1. The van der Waals surface area contributed by atoms with E-state index in [1.54, 1.807) is 46.6 Å². The first-order valence-electron chi connectivity index (χ1n) is 9.30. The van der Waals surface area contributed by atoms with Crippen molar-refractivity contribution in [1.82, 2.24) is 20.2 Å². The van der Waals surface area contributed by atoms with E-state index in [-0.39, 0.29) is 0 Å². The smallest absolute Gasteiger partial charge is 0.274 e. The Bertz CT molecular complexity index is 1210. The molecule has 0 unspecified atom stereocenters. The van der Waals surface area contributed by atoms with Crippen molar-refractivity contribution in [3.8, 4) is 17.1 Å². The number of aromatic nitrogens is 3. The lowest BCUT2D eigenvalue weighted by Crippen LogP contribution is -2.18. The van der Waals surface area contributed by atoms with Crippen molar-refractivity contribution in [2.45, 2.75) is 6.54 Å². The predicted molar refractivity (Wildman–Crippen MR) is 120 cm³/mol. The van der Waals surface area contributed by atoms with Gasteiger partial charge in [0, 0.05) is 16.8 Å². The van der Waals surface area contributed by atoms with E-state index < -0.39 is 5.91 Å². The molecule has 9 heteroatoms. The van der Waals surface area contributed by atoms with Gasteiger partial charge >= 0.3 is 0 Å². The number of hydrogen-bond donors (Lipinski definition) is 3. The number of rotatable bonds is 6. The molecule has 7 nitrogen and oxygen atoms in total. The first kappa shape index (κ1) is 20.9. The Morgan fingerprint density at radius 2 is 1.71 bits per heavy atom. The molecule has 1 amide bonds. The van der Waals surface area contributed by atoms with E-state index in [1.165, 1.54) is 0 Å². The van der Waals surface area contributed by atoms with E-state index in [0.29, 0.717) is 33.8 Å². The summed E-state index contributed by atoms with van der Waals surface area (Å²) in [7, 11) is 0. The number of carbonyl (C=O) groups excluding carboxylic acids is 1. The van der Waals surface area contributed by atoms with Gasteiger partial charge in [-0.2, -0.15) is 0 Å². The quantitative estimate of drug-likeness (QED) is 0.283. The van der Waals surface area contributed by atoms with Crippen LogP contribution >= 0.6 is 23.2 Å². The minimum absolute atomic E-state index is 0.349. The number of amides is 1. The number of carbonyl (C=O) groups is 1. The Hall–Kier alpha value is -3.39. The first-order valence-corrected chi connectivity index (χ1v) is 10.1. The maximum absolute atomic E-state index is 11.5. The van der Waals surface area contributed by atoms with E-state index in [4.69, 9.17) is 33.4 Å². The Morgan fingerprint density at radius 1 is 0.968 bits per heavy atom. The third-order valence-corrected chi connectivity index (χ3v) is 5.29. The van der Waals surface area contributed by atoms with Crippen LogP contribution in [0.1, 0.15) is 16.2 Å². The number of anilines is 1. The van der Waals surface area contributed by atoms with Gasteiger partial charge in [0.2, 0.25) is 0 Å². The second kappa shape index (κ2) is 9.18. The average Bonchev–Trinajstić information content (AvgIpc) is 3.24. The molecule has 0 fully saturated rings. The highest BCUT2D eigenvalue weighted by Gasteiger charge is 2.14. The minimum Gasteiger partial charge on any atom is -0.378 e. The molecule has 0 saturated heterocycles. The monoisotopic (exact) mass is 453 g/mol. The van der Waals surface area contributed by atoms with Gasteiger partial charge in [0.1, 0.15) is 0 Å². The van der Waals surface area contributed by atoms with Gasteiger partial charge in [0.15, 0.2) is 11.6 Å². The van der Waals surface area contributed by atoms with Crippen LogP contribution in [0.4, 0.5) is 5.69 Å². The van der Waals surface area contributed by atoms with Crippen LogP contribution in [0.15, 0.2) is 72.8 Å². The largest absolute Gasteiger partial charge is 0.378 e. The van der Waals surface area contributed by atoms with Crippen LogP contribution in [0, 0.1) is 0 Å². The molecule has 0 atom stereocenters. The highest BCUT2D eigenvalue weighted by atomic mass is 35.5. The van der Waals surface area contributed by atoms with Crippen LogP contribution in [0.2, 0.25) is 10.0 Å². The van der Waals surface area contributed by atoms with E-state index in [2.05, 4.69) is 10.4 Å². The Morgan fingerprint density at radius 3 is 2.39 bits per heavy atom. The minimum atomic E-state index is -0.568. The zero-order valence-corrected chi connectivity index (χ0v) is 17.6. The molecule has 3 aromatic carbocycles. The highest BCUT2D eigenvalue weighted by molar-refractivity contribution is 6.42. The third kappa shape index (κ3) is 4.69. The molecule has 1 aromatic heterocycles. The van der Waals surface area contributed by atoms with Crippen molar-refractivity contribution >= 4 is 34.8 Å². The van der Waals surface area contributed by atoms with Crippen LogP contribution in [-0.2, 0) is 6.54 Å². The topological polar surface area (TPSA) is 92.1 Å². The summed E-state index contributed by atoms with van der Waals surface area (Å²) in [6.45, 7) is 0.384. The second-order valence-electron chi connectivity index (χ2n) is 6.60. The maximum Gasteiger partial charge on any atom is 0.274 e. The molecule has 0 bridgehead atoms. The lowest BCUT2D eigenvalue weighted by molar-refractivity contribution is 0.0706. The van der Waals surface area contributed by atoms with Crippen LogP contribution in [0.25, 0.3) is 17.1 Å². The molecule has 0 saturated carbocycles. The maximum atomic E-state index is 11.5. The lowest BCUT2D eigenvalue weighted by Gasteiger charge is -2.08. The number of benzene rings is 3. The summed E-state index contributed by atoms with van der Waals surface area (Å²) < 4.78 is 1.76. The fraction of sp³-hybridized carbons (Fsp3) is 0.0455. The lowest BCUT2D eigenvalue weighted by atomic mass is 10.2. The van der Waals surface area contributed by atoms with Crippen LogP contribution in [-0.4, -0.2) is 25.9 Å². The van der Waals surface area contributed by atoms with Crippen LogP contribution in [0.3, 0.4) is 0 Å². The number of para-hydroxylation sites is 1. The Kier molecular flexibility index (Phi) is 6.18. The second-order valence-corrected chi connectivity index (χ2v) is 7.41. The van der Waals surface area contributed by atoms with Crippen molar-refractivity contribution in [1.29, 1.82) is 0 Å². The number of nitrogens with zero attached hydrogens (tertiary/aromatic N) is 3. The van der Waals surface area contributed by atoms with Crippen molar-refractivity contribution in [3.05, 3.63) is 94.2 Å². The normalized spacial score (nSPS) is 10.7. The van der Waals surface area contributed by atoms with Gasteiger partial charge in [-0.15, -0.1) is 5.10 Å². The summed E-state index contributed by atoms with van der Waals surface area (Å²) in [6.07, 6.45) is 0. The third-order valence-electron chi connectivity index (χ3n) is 4.55. The summed E-state index contributed by atoms with van der Waals surface area (Å²) in [5, 5.41) is 17.6. The molecule has 31 heavy (non-hydrogen) atoms. The summed E-state index contributed by atoms with van der Waals surface area (Å²) >= 11 is 12.2. The molecule has 1 heterocycles. The van der Waals surface area contributed by atoms with Gasteiger partial charge in [-0.25, -0.2) is 15.1 Å². The summed E-state index contributed by atoms with van der Waals surface area (Å²) in [6, 6.07) is 21.6. The van der Waals surface area contributed by atoms with Crippen molar-refractivity contribution < 1.29 is 10.0 Å². The molecular weight excluding hydrogens is 437 g/mol. The number of hydroxylamine groups is 1. The molecule has 4 rings (SSSR count). The van der Waals surface area contributed by atoms with Gasteiger partial charge in [-0.05, 0) is 54.6 Å². The molecule has 0 aliphatic heterocycles. The molecule has 0 aliphatic rings. The molecule has 3 N–H and O–H groups in total. The standard InChI is InChI=1S/C22H17Cl2N5O2/c23-18-11-8-15(12-19(18)24)21-26-20(29(27-21)17-4-2-1-3-5-17)13-25-16-9-6-14(7-10-16)22(30)28-31/h1-12,25,31H,13H2,(H,28,30). The zero-order chi connectivity index (χ0) is 21.8. The van der Waals surface area contributed by atoms with Gasteiger partial charge in [-0.3, -0.25) is 10.0 Å². The average molecular weight is 454 g/mol. The number of halogens is 2. The van der Waals surface area contributed by atoms with Crippen molar-refractivity contribution in [3.63, 3.8) is 0 Å². The van der Waals surface area contributed by atoms with Gasteiger partial charge in [-0.1, -0.05) is 41.4 Å². The number of nitrogens with one attached hydrogen (secondary N) is 2. The van der Waals surface area contributed by atoms with Gasteiger partial charge in [0.25, 0.3) is 5.91 Å². The highest BCUT2D eigenvalue weighted by Crippen LogP contribution is 2.27. The molecule has 0 radical (unpaired) electrons. The SMILES string of the molecule is O=C(NO)c1ccc(NCc2nc(-c3ccc(Cl)c(Cl)c3)nn2-c2ccccc2)cc1. The molecular formula is C22H17Cl2N5O2. The molecule has 0 aliphatic carbocycles. The fourth-order valence-corrected chi connectivity index (χ4v) is 3.28. The predicted octanol–water partition coefficient (Wildman–Crippen LogP) is 4.97. The Labute approximate surface area is 188 Å². The summed E-state index contributed by atoms with van der Waals surface area (Å²) in [5.41, 5.74) is 4.37. The van der Waals surface area contributed by atoms with Crippen LogP contribution in [0.5, 0.6) is 0 Å². The van der Waals surface area contributed by atoms with Crippen LogP contribution < -0.4 is 10.8 Å². The fourth-order valence-electron chi connectivity index (χ4n) is 2.98. The number of hydrogen-bond acceptors (Lipinski definition) is 5. The molecule has 0 spiro atoms. The van der Waals surface area contributed by atoms with Crippen molar-refractivity contribution in [2.75, 3.05) is 5.32 Å². The van der Waals surface area contributed by atoms with E-state index >= 15 is 0 Å². The molecule has 4 aromatic rings. The summed E-state index contributed by atoms with van der Waals surface area (Å²) in [5.74, 6) is 0.639. The first-order chi connectivity index (χ1) is 15.0. The Balaban J connectivity index is 1.63. The van der Waals surface area contributed by atoms with Gasteiger partial charge in [0.05, 0.1) is 22.3 Å². The summed E-state index contributed by atoms with van der Waals surface area (Å²) in [4.78, 5) is 16.2. The van der Waals surface area contributed by atoms with E-state index in [1.807, 2.05) is 36.4 Å². The van der Waals surface area contributed by atoms with Crippen molar-refractivity contribution in [2.24, 2.45) is 0 Å². The molecule has 156 valence electrons. The van der Waals surface area contributed by atoms with Gasteiger partial charge < -0.3 is 5.32 Å². The van der Waals surface area contributed by atoms with E-state index in [0.717, 1.165) is 16.9 Å².